The molecule has 0 saturated heterocycles. The second-order valence-electron chi connectivity index (χ2n) is 2.98. The smallest absolute Gasteiger partial charge is 0.252 e. The van der Waals surface area contributed by atoms with Crippen LogP contribution < -0.4 is 5.73 Å². The largest absolute Gasteiger partial charge is 0.324 e. The van der Waals surface area contributed by atoms with Gasteiger partial charge >= 0.3 is 0 Å². The van der Waals surface area contributed by atoms with E-state index >= 15 is 0 Å². The Labute approximate surface area is 75.6 Å². The van der Waals surface area contributed by atoms with Gasteiger partial charge in [-0.25, -0.2) is 9.50 Å². The van der Waals surface area contributed by atoms with Crippen LogP contribution in [0.4, 0.5) is 0 Å². The average molecular weight is 177 g/mol. The maximum Gasteiger partial charge on any atom is 0.252 e. The molecule has 0 unspecified atom stereocenters. The zero-order valence-corrected chi connectivity index (χ0v) is 7.65. The number of hydrogen-bond donors (Lipinski definition) is 1. The molecule has 0 radical (unpaired) electrons. The summed E-state index contributed by atoms with van der Waals surface area (Å²) >= 11 is 0. The molecular weight excluding hydrogens is 166 g/mol. The monoisotopic (exact) mass is 177 g/mol. The molecule has 0 aromatic carbocycles. The summed E-state index contributed by atoms with van der Waals surface area (Å²) in [6, 6.07) is 1.96. The van der Waals surface area contributed by atoms with Gasteiger partial charge in [0.1, 0.15) is 0 Å². The first-order chi connectivity index (χ1) is 6.20. The third-order valence-electron chi connectivity index (χ3n) is 1.84. The van der Waals surface area contributed by atoms with E-state index in [0.29, 0.717) is 18.1 Å². The molecule has 2 rings (SSSR count). The summed E-state index contributed by atoms with van der Waals surface area (Å²) in [5.41, 5.74) is 7.40. The van der Waals surface area contributed by atoms with Crippen LogP contribution in [-0.4, -0.2) is 19.6 Å². The number of aryl methyl sites for hydroxylation is 2. The van der Waals surface area contributed by atoms with Gasteiger partial charge in [-0.1, -0.05) is 0 Å². The Morgan fingerprint density at radius 2 is 2.15 bits per heavy atom. The van der Waals surface area contributed by atoms with Crippen LogP contribution in [0.15, 0.2) is 6.07 Å². The number of nitrogens with zero attached hydrogens (tertiary/aromatic N) is 4. The van der Waals surface area contributed by atoms with Crippen LogP contribution in [0.1, 0.15) is 17.2 Å². The Morgan fingerprint density at radius 1 is 1.38 bits per heavy atom. The Morgan fingerprint density at radius 3 is 2.85 bits per heavy atom. The average Bonchev–Trinajstić information content (AvgIpc) is 2.47. The molecule has 0 aliphatic rings. The summed E-state index contributed by atoms with van der Waals surface area (Å²) in [5, 5.41) is 4.19. The molecule has 2 aromatic heterocycles. The summed E-state index contributed by atoms with van der Waals surface area (Å²) in [6.45, 7) is 4.25. The Kier molecular flexibility index (Phi) is 1.73. The van der Waals surface area contributed by atoms with Crippen LogP contribution in [0.2, 0.25) is 0 Å². The van der Waals surface area contributed by atoms with Crippen LogP contribution in [0.25, 0.3) is 5.78 Å². The van der Waals surface area contributed by atoms with Crippen molar-refractivity contribution in [1.29, 1.82) is 0 Å². The third-order valence-corrected chi connectivity index (χ3v) is 1.84. The molecule has 13 heavy (non-hydrogen) atoms. The molecule has 0 aliphatic carbocycles. The van der Waals surface area contributed by atoms with Crippen LogP contribution in [0.3, 0.4) is 0 Å². The van der Waals surface area contributed by atoms with Crippen molar-refractivity contribution < 1.29 is 0 Å². The first kappa shape index (κ1) is 8.12. The van der Waals surface area contributed by atoms with Gasteiger partial charge in [0.25, 0.3) is 5.78 Å². The van der Waals surface area contributed by atoms with E-state index in [2.05, 4.69) is 15.1 Å². The highest BCUT2D eigenvalue weighted by atomic mass is 15.3. The molecule has 0 bridgehead atoms. The molecular formula is C8H11N5. The highest BCUT2D eigenvalue weighted by Crippen LogP contribution is 2.04. The summed E-state index contributed by atoms with van der Waals surface area (Å²) in [6.07, 6.45) is 0. The third kappa shape index (κ3) is 1.27. The number of hydrogen-bond acceptors (Lipinski definition) is 4. The molecule has 68 valence electrons. The molecule has 0 amide bonds. The zero-order chi connectivity index (χ0) is 9.42. The van der Waals surface area contributed by atoms with E-state index < -0.39 is 0 Å². The molecule has 2 aromatic rings. The second kappa shape index (κ2) is 2.77. The van der Waals surface area contributed by atoms with E-state index in [0.717, 1.165) is 11.4 Å². The van der Waals surface area contributed by atoms with E-state index in [1.807, 2.05) is 19.9 Å². The summed E-state index contributed by atoms with van der Waals surface area (Å²) < 4.78 is 1.70. The van der Waals surface area contributed by atoms with E-state index in [4.69, 9.17) is 5.73 Å². The Bertz CT molecular complexity index is 445. The lowest BCUT2D eigenvalue weighted by Gasteiger charge is -1.97. The van der Waals surface area contributed by atoms with Gasteiger partial charge in [-0.2, -0.15) is 4.98 Å². The van der Waals surface area contributed by atoms with Crippen molar-refractivity contribution in [1.82, 2.24) is 19.6 Å². The molecule has 5 heteroatoms. The fourth-order valence-corrected chi connectivity index (χ4v) is 1.29. The van der Waals surface area contributed by atoms with Crippen LogP contribution >= 0.6 is 0 Å². The van der Waals surface area contributed by atoms with E-state index in [9.17, 15) is 0 Å². The van der Waals surface area contributed by atoms with Crippen molar-refractivity contribution in [2.45, 2.75) is 20.4 Å². The minimum absolute atomic E-state index is 0.349. The zero-order valence-electron chi connectivity index (χ0n) is 7.65. The Hall–Kier alpha value is -1.49. The minimum Gasteiger partial charge on any atom is -0.324 e. The molecule has 0 aliphatic heterocycles. The number of rotatable bonds is 1. The predicted octanol–water partition coefficient (Wildman–Crippen LogP) is 0.200. The van der Waals surface area contributed by atoms with Gasteiger partial charge in [0.2, 0.25) is 0 Å². The van der Waals surface area contributed by atoms with E-state index in [-0.39, 0.29) is 0 Å². The predicted molar refractivity (Wildman–Crippen MR) is 48.1 cm³/mol. The van der Waals surface area contributed by atoms with Gasteiger partial charge in [-0.05, 0) is 19.9 Å². The van der Waals surface area contributed by atoms with Gasteiger partial charge in [-0.15, -0.1) is 5.10 Å². The molecule has 0 fully saturated rings. The highest BCUT2D eigenvalue weighted by molar-refractivity contribution is 5.30. The molecule has 0 saturated carbocycles. The summed E-state index contributed by atoms with van der Waals surface area (Å²) in [7, 11) is 0. The highest BCUT2D eigenvalue weighted by Gasteiger charge is 2.05. The number of fused-ring (bicyclic) bond motifs is 1. The van der Waals surface area contributed by atoms with Crippen LogP contribution in [0.5, 0.6) is 0 Å². The SMILES string of the molecule is Cc1cc(C)n2nc(CN)nc2n1. The van der Waals surface area contributed by atoms with E-state index in [1.54, 1.807) is 4.52 Å². The van der Waals surface area contributed by atoms with E-state index in [1.165, 1.54) is 0 Å². The first-order valence-electron chi connectivity index (χ1n) is 4.10. The lowest BCUT2D eigenvalue weighted by atomic mass is 10.4. The van der Waals surface area contributed by atoms with Gasteiger partial charge < -0.3 is 5.73 Å². The summed E-state index contributed by atoms with van der Waals surface area (Å²) in [5.74, 6) is 1.25. The maximum atomic E-state index is 5.44. The lowest BCUT2D eigenvalue weighted by molar-refractivity contribution is 0.838. The van der Waals surface area contributed by atoms with Gasteiger partial charge in [0.15, 0.2) is 5.82 Å². The lowest BCUT2D eigenvalue weighted by Crippen LogP contribution is -2.00. The quantitative estimate of drug-likeness (QED) is 0.675. The van der Waals surface area contributed by atoms with Crippen molar-refractivity contribution in [3.63, 3.8) is 0 Å². The van der Waals surface area contributed by atoms with Crippen molar-refractivity contribution >= 4 is 5.78 Å². The first-order valence-corrected chi connectivity index (χ1v) is 4.10. The number of nitrogens with two attached hydrogens (primary N) is 1. The van der Waals surface area contributed by atoms with Gasteiger partial charge in [-0.3, -0.25) is 0 Å². The molecule has 0 spiro atoms. The maximum absolute atomic E-state index is 5.44. The molecule has 5 nitrogen and oxygen atoms in total. The fourth-order valence-electron chi connectivity index (χ4n) is 1.29. The van der Waals surface area contributed by atoms with Crippen LogP contribution in [0, 0.1) is 13.8 Å². The topological polar surface area (TPSA) is 69.1 Å². The van der Waals surface area contributed by atoms with Crippen LogP contribution in [-0.2, 0) is 6.54 Å². The molecule has 0 atom stereocenters. The molecule has 2 heterocycles. The number of aromatic nitrogens is 4. The van der Waals surface area contributed by atoms with Gasteiger partial charge in [0.05, 0.1) is 6.54 Å². The minimum atomic E-state index is 0.349. The normalized spacial score (nSPS) is 11.0. The standard InChI is InChI=1S/C8H11N5/c1-5-3-6(2)13-8(10-5)11-7(4-9)12-13/h3H,4,9H2,1-2H3. The molecule has 2 N–H and O–H groups in total. The Balaban J connectivity index is 2.75. The van der Waals surface area contributed by atoms with Crippen molar-refractivity contribution in [3.05, 3.63) is 23.3 Å². The van der Waals surface area contributed by atoms with Crippen molar-refractivity contribution in [3.8, 4) is 0 Å². The van der Waals surface area contributed by atoms with Crippen molar-refractivity contribution in [2.75, 3.05) is 0 Å². The second-order valence-corrected chi connectivity index (χ2v) is 2.98. The van der Waals surface area contributed by atoms with Gasteiger partial charge in [0, 0.05) is 11.4 Å². The fraction of sp³-hybridized carbons (Fsp3) is 0.375. The summed E-state index contributed by atoms with van der Waals surface area (Å²) in [4.78, 5) is 8.41. The van der Waals surface area contributed by atoms with Crippen molar-refractivity contribution in [2.24, 2.45) is 5.73 Å².